The molecule has 0 radical (unpaired) electrons. The number of para-hydroxylation sites is 1. The van der Waals surface area contributed by atoms with Gasteiger partial charge >= 0.3 is 0 Å². The smallest absolute Gasteiger partial charge is 0.219 e. The minimum Gasteiger partial charge on any atom is -0.322 e. The number of fused-ring (bicyclic) bond motifs is 3. The van der Waals surface area contributed by atoms with Gasteiger partial charge in [-0.3, -0.25) is 0 Å². The van der Waals surface area contributed by atoms with Gasteiger partial charge in [0.05, 0.1) is 5.69 Å². The molecule has 1 fully saturated rings. The number of hydrogen-bond acceptors (Lipinski definition) is 2. The molecule has 5 rings (SSSR count). The fourth-order valence-corrected chi connectivity index (χ4v) is 7.31. The summed E-state index contributed by atoms with van der Waals surface area (Å²) in [4.78, 5) is 3.06. The fourth-order valence-electron chi connectivity index (χ4n) is 4.41. The van der Waals surface area contributed by atoms with Gasteiger partial charge in [0.25, 0.3) is 0 Å². The summed E-state index contributed by atoms with van der Waals surface area (Å²) in [5.41, 5.74) is 2.43. The lowest BCUT2D eigenvalue weighted by molar-refractivity contribution is 0.519. The molecular formula is C23H17Cl4NS. The Hall–Kier alpha value is -1.03. The van der Waals surface area contributed by atoms with E-state index in [4.69, 9.17) is 46.4 Å². The summed E-state index contributed by atoms with van der Waals surface area (Å²) in [6.45, 7) is 0. The highest BCUT2D eigenvalue weighted by molar-refractivity contribution is 8.03. The second-order valence-electron chi connectivity index (χ2n) is 7.40. The van der Waals surface area contributed by atoms with E-state index in [1.165, 1.54) is 11.8 Å². The molecule has 0 N–H and O–H groups in total. The first-order chi connectivity index (χ1) is 13.9. The molecule has 29 heavy (non-hydrogen) atoms. The number of halogens is 4. The molecule has 0 saturated carbocycles. The minimum absolute atomic E-state index is 0.188. The van der Waals surface area contributed by atoms with Crippen molar-refractivity contribution in [3.63, 3.8) is 0 Å². The van der Waals surface area contributed by atoms with Gasteiger partial charge in [-0.25, -0.2) is 0 Å². The molecule has 2 heterocycles. The molecular weight excluding hydrogens is 464 g/mol. The van der Waals surface area contributed by atoms with Crippen molar-refractivity contribution in [1.82, 2.24) is 0 Å². The minimum atomic E-state index is -1.10. The van der Waals surface area contributed by atoms with Gasteiger partial charge in [-0.05, 0) is 29.7 Å². The topological polar surface area (TPSA) is 3.01 Å². The first kappa shape index (κ1) is 19.9. The highest BCUT2D eigenvalue weighted by atomic mass is 35.5. The monoisotopic (exact) mass is 479 g/mol. The molecule has 0 aromatic heterocycles. The maximum Gasteiger partial charge on any atom is 0.219 e. The molecule has 0 spiro atoms. The Labute approximate surface area is 194 Å². The largest absolute Gasteiger partial charge is 0.322 e. The molecule has 6 heteroatoms. The van der Waals surface area contributed by atoms with Crippen LogP contribution in [0.3, 0.4) is 0 Å². The van der Waals surface area contributed by atoms with Crippen molar-refractivity contribution in [2.45, 2.75) is 30.9 Å². The van der Waals surface area contributed by atoms with Gasteiger partial charge < -0.3 is 4.90 Å². The predicted octanol–water partition coefficient (Wildman–Crippen LogP) is 7.94. The third-order valence-corrected chi connectivity index (χ3v) is 8.90. The summed E-state index contributed by atoms with van der Waals surface area (Å²) in [6, 6.07) is 28.3. The Balaban J connectivity index is 1.76. The summed E-state index contributed by atoms with van der Waals surface area (Å²) >= 11 is 29.5. The second kappa shape index (κ2) is 7.00. The Bertz CT molecular complexity index is 1040. The van der Waals surface area contributed by atoms with E-state index in [1.807, 2.05) is 60.7 Å². The first-order valence-corrected chi connectivity index (χ1v) is 11.7. The number of hydrogen-bond donors (Lipinski definition) is 0. The third kappa shape index (κ3) is 2.99. The van der Waals surface area contributed by atoms with Crippen molar-refractivity contribution >= 4 is 63.9 Å². The lowest BCUT2D eigenvalue weighted by Gasteiger charge is -2.36. The Morgan fingerprint density at radius 1 is 0.759 bits per heavy atom. The van der Waals surface area contributed by atoms with Crippen LogP contribution in [-0.4, -0.2) is 8.12 Å². The SMILES string of the molecule is ClC1(Cl)Sc2ccccc2N2C(Cl)(Cl)[C@@]2(c2ccccc2)C[C@H]1c1ccccc1. The third-order valence-electron chi connectivity index (χ3n) is 5.82. The van der Waals surface area contributed by atoms with E-state index in [9.17, 15) is 0 Å². The number of benzene rings is 3. The van der Waals surface area contributed by atoms with Crippen molar-refractivity contribution in [2.24, 2.45) is 0 Å². The van der Waals surface area contributed by atoms with Gasteiger partial charge in [-0.2, -0.15) is 0 Å². The van der Waals surface area contributed by atoms with E-state index in [-0.39, 0.29) is 5.92 Å². The van der Waals surface area contributed by atoms with Gasteiger partial charge in [0, 0.05) is 10.8 Å². The zero-order chi connectivity index (χ0) is 20.3. The van der Waals surface area contributed by atoms with Crippen molar-refractivity contribution in [2.75, 3.05) is 4.90 Å². The maximum absolute atomic E-state index is 7.03. The van der Waals surface area contributed by atoms with E-state index in [1.54, 1.807) is 0 Å². The second-order valence-corrected chi connectivity index (χ2v) is 11.8. The molecule has 3 aromatic rings. The fraction of sp³-hybridized carbons (Fsp3) is 0.217. The molecule has 0 amide bonds. The lowest BCUT2D eigenvalue weighted by Crippen LogP contribution is -2.30. The van der Waals surface area contributed by atoms with Crippen molar-refractivity contribution < 1.29 is 0 Å². The number of thioether (sulfide) groups is 1. The standard InChI is InChI=1S/C23H17Cl4NS/c24-22(25)18(16-9-3-1-4-10-16)15-21(17-11-5-2-6-12-17)23(26,27)28(21)19-13-7-8-14-20(19)29-22/h1-14,18H,15H2/t18-,21-,28?/m0/s1. The summed E-state index contributed by atoms with van der Waals surface area (Å²) in [5.74, 6) is -0.188. The average molecular weight is 481 g/mol. The number of alkyl halides is 4. The van der Waals surface area contributed by atoms with Crippen molar-refractivity contribution in [3.05, 3.63) is 96.1 Å². The number of rotatable bonds is 2. The van der Waals surface area contributed by atoms with Crippen molar-refractivity contribution in [3.8, 4) is 0 Å². The highest BCUT2D eigenvalue weighted by Crippen LogP contribution is 2.73. The molecule has 0 bridgehead atoms. The molecule has 2 aliphatic rings. The van der Waals surface area contributed by atoms with Gasteiger partial charge in [0.2, 0.25) is 4.46 Å². The van der Waals surface area contributed by atoms with Gasteiger partial charge in [0.15, 0.2) is 3.67 Å². The number of nitrogens with zero attached hydrogens (tertiary/aromatic N) is 1. The van der Waals surface area contributed by atoms with E-state index in [0.717, 1.165) is 21.7 Å². The van der Waals surface area contributed by atoms with Crippen LogP contribution in [0.5, 0.6) is 0 Å². The van der Waals surface area contributed by atoms with E-state index in [2.05, 4.69) is 29.2 Å². The molecule has 2 aliphatic heterocycles. The van der Waals surface area contributed by atoms with E-state index >= 15 is 0 Å². The Kier molecular flexibility index (Phi) is 4.81. The molecule has 3 aromatic carbocycles. The van der Waals surface area contributed by atoms with Gasteiger partial charge in [0.1, 0.15) is 5.54 Å². The van der Waals surface area contributed by atoms with Crippen LogP contribution < -0.4 is 4.90 Å². The van der Waals surface area contributed by atoms with Gasteiger partial charge in [-0.1, -0.05) is 131 Å². The molecule has 1 saturated heterocycles. The lowest BCUT2D eigenvalue weighted by atomic mass is 9.84. The van der Waals surface area contributed by atoms with Crippen LogP contribution in [0.25, 0.3) is 0 Å². The van der Waals surface area contributed by atoms with Crippen LogP contribution in [-0.2, 0) is 5.54 Å². The summed E-state index contributed by atoms with van der Waals surface area (Å²) in [5, 5.41) is 0. The Morgan fingerprint density at radius 2 is 1.34 bits per heavy atom. The molecule has 0 aliphatic carbocycles. The summed E-state index contributed by atoms with van der Waals surface area (Å²) in [6.07, 6.45) is 0.586. The van der Waals surface area contributed by atoms with Crippen LogP contribution in [0.15, 0.2) is 89.8 Å². The van der Waals surface area contributed by atoms with Gasteiger partial charge in [-0.15, -0.1) is 0 Å². The molecule has 148 valence electrons. The van der Waals surface area contributed by atoms with Crippen molar-refractivity contribution in [1.29, 1.82) is 0 Å². The van der Waals surface area contributed by atoms with E-state index < -0.39 is 13.7 Å². The maximum atomic E-state index is 7.03. The quantitative estimate of drug-likeness (QED) is 0.208. The Morgan fingerprint density at radius 3 is 2.03 bits per heavy atom. The first-order valence-electron chi connectivity index (χ1n) is 9.32. The van der Waals surface area contributed by atoms with Crippen LogP contribution in [0.4, 0.5) is 5.69 Å². The average Bonchev–Trinajstić information content (AvgIpc) is 3.21. The van der Waals surface area contributed by atoms with Crippen LogP contribution in [0, 0.1) is 0 Å². The molecule has 2 atom stereocenters. The normalized spacial score (nSPS) is 26.6. The highest BCUT2D eigenvalue weighted by Gasteiger charge is 2.77. The predicted molar refractivity (Wildman–Crippen MR) is 126 cm³/mol. The van der Waals surface area contributed by atoms with E-state index in [0.29, 0.717) is 6.42 Å². The number of anilines is 1. The van der Waals surface area contributed by atoms with Crippen LogP contribution in [0.1, 0.15) is 23.5 Å². The zero-order valence-corrected chi connectivity index (χ0v) is 19.1. The van der Waals surface area contributed by atoms with Crippen LogP contribution in [0.2, 0.25) is 0 Å². The molecule has 1 nitrogen and oxygen atoms in total. The molecule has 0 unspecified atom stereocenters. The van der Waals surface area contributed by atoms with Crippen LogP contribution >= 0.6 is 58.2 Å². The zero-order valence-electron chi connectivity index (χ0n) is 15.2. The summed E-state index contributed by atoms with van der Waals surface area (Å²) < 4.78 is -2.19. The summed E-state index contributed by atoms with van der Waals surface area (Å²) in [7, 11) is 0.